The van der Waals surface area contributed by atoms with Crippen LogP contribution in [0.2, 0.25) is 0 Å². The molecule has 0 aromatic heterocycles. The van der Waals surface area contributed by atoms with E-state index in [-0.39, 0.29) is 41.3 Å². The summed E-state index contributed by atoms with van der Waals surface area (Å²) >= 11 is 0. The third-order valence-corrected chi connectivity index (χ3v) is 9.14. The molecule has 6 nitrogen and oxygen atoms in total. The zero-order chi connectivity index (χ0) is 21.6. The number of likely N-dealkylation sites (tertiary alicyclic amines) is 1. The second-order valence-corrected chi connectivity index (χ2v) is 11.1. The van der Waals surface area contributed by atoms with Gasteiger partial charge in [0.2, 0.25) is 11.8 Å². The molecule has 0 aromatic rings. The second kappa shape index (κ2) is 8.62. The SMILES string of the molecule is CC1CCC(F)C2CC(C(=O)N[C@@H]3CCC[C@@H](N4CCCC5(CCNC5=O)C4)C3)NC12. The fourth-order valence-electron chi connectivity index (χ4n) is 7.31. The van der Waals surface area contributed by atoms with Crippen molar-refractivity contribution in [2.75, 3.05) is 19.6 Å². The highest BCUT2D eigenvalue weighted by atomic mass is 19.1. The smallest absolute Gasteiger partial charge is 0.237 e. The summed E-state index contributed by atoms with van der Waals surface area (Å²) in [6.45, 7) is 4.92. The molecular weight excluding hydrogens is 395 g/mol. The van der Waals surface area contributed by atoms with Crippen molar-refractivity contribution in [1.82, 2.24) is 20.9 Å². The summed E-state index contributed by atoms with van der Waals surface area (Å²) in [7, 11) is 0. The van der Waals surface area contributed by atoms with Gasteiger partial charge in [0.15, 0.2) is 0 Å². The Hall–Kier alpha value is -1.21. The minimum atomic E-state index is -0.773. The van der Waals surface area contributed by atoms with E-state index >= 15 is 0 Å². The maximum atomic E-state index is 14.4. The summed E-state index contributed by atoms with van der Waals surface area (Å²) in [4.78, 5) is 28.0. The third-order valence-electron chi connectivity index (χ3n) is 9.14. The largest absolute Gasteiger partial charge is 0.356 e. The molecule has 8 atom stereocenters. The molecule has 0 aromatic carbocycles. The van der Waals surface area contributed by atoms with Crippen molar-refractivity contribution in [2.45, 2.75) is 101 Å². The van der Waals surface area contributed by atoms with Crippen LogP contribution in [-0.2, 0) is 9.59 Å². The maximum absolute atomic E-state index is 14.4. The number of nitrogens with zero attached hydrogens (tertiary/aromatic N) is 1. The van der Waals surface area contributed by atoms with E-state index in [1.54, 1.807) is 0 Å². The molecule has 2 aliphatic carbocycles. The molecule has 3 aliphatic heterocycles. The van der Waals surface area contributed by atoms with Gasteiger partial charge in [-0.15, -0.1) is 0 Å². The number of amides is 2. The van der Waals surface area contributed by atoms with E-state index in [1.807, 2.05) is 0 Å². The van der Waals surface area contributed by atoms with Gasteiger partial charge in [-0.05, 0) is 76.7 Å². The first-order valence-electron chi connectivity index (χ1n) is 12.7. The molecule has 174 valence electrons. The Kier molecular flexibility index (Phi) is 6.01. The lowest BCUT2D eigenvalue weighted by Crippen LogP contribution is -2.54. The van der Waals surface area contributed by atoms with Crippen molar-refractivity contribution >= 4 is 11.8 Å². The van der Waals surface area contributed by atoms with Gasteiger partial charge in [0, 0.05) is 37.1 Å². The summed E-state index contributed by atoms with van der Waals surface area (Å²) in [5, 5.41) is 9.82. The molecule has 2 saturated carbocycles. The van der Waals surface area contributed by atoms with E-state index in [9.17, 15) is 14.0 Å². The van der Waals surface area contributed by atoms with Crippen molar-refractivity contribution in [3.63, 3.8) is 0 Å². The van der Waals surface area contributed by atoms with Crippen LogP contribution in [0.15, 0.2) is 0 Å². The predicted molar refractivity (Wildman–Crippen MR) is 117 cm³/mol. The average Bonchev–Trinajstić information content (AvgIpc) is 3.37. The van der Waals surface area contributed by atoms with Gasteiger partial charge in [0.05, 0.1) is 11.5 Å². The van der Waals surface area contributed by atoms with Gasteiger partial charge in [0.1, 0.15) is 6.17 Å². The van der Waals surface area contributed by atoms with Gasteiger partial charge < -0.3 is 16.0 Å². The first-order valence-corrected chi connectivity index (χ1v) is 12.7. The number of nitrogens with one attached hydrogen (secondary N) is 3. The Bertz CT molecular complexity index is 687. The summed E-state index contributed by atoms with van der Waals surface area (Å²) in [6, 6.07) is 0.513. The number of fused-ring (bicyclic) bond motifs is 1. The van der Waals surface area contributed by atoms with Gasteiger partial charge >= 0.3 is 0 Å². The van der Waals surface area contributed by atoms with Gasteiger partial charge in [-0.3, -0.25) is 14.5 Å². The average molecular weight is 435 g/mol. The van der Waals surface area contributed by atoms with Crippen LogP contribution in [0.25, 0.3) is 0 Å². The molecule has 6 unspecified atom stereocenters. The first kappa shape index (κ1) is 21.6. The molecule has 2 amide bonds. The van der Waals surface area contributed by atoms with Crippen molar-refractivity contribution in [3.8, 4) is 0 Å². The zero-order valence-electron chi connectivity index (χ0n) is 18.9. The predicted octanol–water partition coefficient (Wildman–Crippen LogP) is 2.13. The minimum Gasteiger partial charge on any atom is -0.356 e. The zero-order valence-corrected chi connectivity index (χ0v) is 18.9. The van der Waals surface area contributed by atoms with Gasteiger partial charge in [0.25, 0.3) is 0 Å². The number of hydrogen-bond donors (Lipinski definition) is 3. The van der Waals surface area contributed by atoms with Crippen LogP contribution < -0.4 is 16.0 Å². The fraction of sp³-hybridized carbons (Fsp3) is 0.917. The van der Waals surface area contributed by atoms with Crippen LogP contribution in [-0.4, -0.2) is 66.7 Å². The Labute approximate surface area is 185 Å². The molecule has 0 bridgehead atoms. The lowest BCUT2D eigenvalue weighted by molar-refractivity contribution is -0.131. The van der Waals surface area contributed by atoms with Crippen molar-refractivity contribution in [1.29, 1.82) is 0 Å². The summed E-state index contributed by atoms with van der Waals surface area (Å²) in [5.41, 5.74) is -0.182. The number of carbonyl (C=O) groups excluding carboxylic acids is 2. The van der Waals surface area contributed by atoms with E-state index in [1.165, 1.54) is 0 Å². The normalized spacial score (nSPS) is 46.0. The highest BCUT2D eigenvalue weighted by Gasteiger charge is 2.48. The van der Waals surface area contributed by atoms with E-state index < -0.39 is 6.17 Å². The molecule has 3 saturated heterocycles. The van der Waals surface area contributed by atoms with Crippen molar-refractivity contribution < 1.29 is 14.0 Å². The standard InChI is InChI=1S/C24H39FN4O2/c1-15-6-7-19(25)18-13-20(28-21(15)18)22(30)27-16-4-2-5-17(12-16)29-11-3-8-24(14-29)9-10-26-23(24)31/h15-21,28H,2-14H2,1H3,(H,26,31)(H,27,30)/t15?,16-,17-,18?,19?,20?,21?,24?/m1/s1. The van der Waals surface area contributed by atoms with Crippen LogP contribution in [0.3, 0.4) is 0 Å². The topological polar surface area (TPSA) is 73.5 Å². The van der Waals surface area contributed by atoms with Crippen LogP contribution in [0, 0.1) is 17.3 Å². The Morgan fingerprint density at radius 2 is 2.03 bits per heavy atom. The first-order chi connectivity index (χ1) is 14.9. The van der Waals surface area contributed by atoms with Crippen molar-refractivity contribution in [3.05, 3.63) is 0 Å². The molecule has 3 heterocycles. The van der Waals surface area contributed by atoms with Crippen molar-refractivity contribution in [2.24, 2.45) is 17.3 Å². The summed E-state index contributed by atoms with van der Waals surface area (Å²) < 4.78 is 14.4. The molecule has 5 rings (SSSR count). The van der Waals surface area contributed by atoms with E-state index in [4.69, 9.17) is 0 Å². The van der Waals surface area contributed by atoms with Crippen LogP contribution in [0.5, 0.6) is 0 Å². The molecule has 5 aliphatic rings. The van der Waals surface area contributed by atoms with Crippen LogP contribution in [0.1, 0.15) is 71.1 Å². The molecule has 7 heteroatoms. The summed E-state index contributed by atoms with van der Waals surface area (Å²) in [5.74, 6) is 0.727. The van der Waals surface area contributed by atoms with E-state index in [0.29, 0.717) is 24.8 Å². The molecular formula is C24H39FN4O2. The second-order valence-electron chi connectivity index (χ2n) is 11.1. The Morgan fingerprint density at radius 3 is 2.81 bits per heavy atom. The number of piperidine rings is 1. The highest BCUT2D eigenvalue weighted by molar-refractivity contribution is 5.85. The Balaban J connectivity index is 1.17. The maximum Gasteiger partial charge on any atom is 0.237 e. The van der Waals surface area contributed by atoms with Gasteiger partial charge in [-0.2, -0.15) is 0 Å². The molecule has 5 fully saturated rings. The fourth-order valence-corrected chi connectivity index (χ4v) is 7.31. The Morgan fingerprint density at radius 1 is 1.16 bits per heavy atom. The quantitative estimate of drug-likeness (QED) is 0.636. The molecule has 3 N–H and O–H groups in total. The van der Waals surface area contributed by atoms with E-state index in [0.717, 1.165) is 71.0 Å². The minimum absolute atomic E-state index is 0.0132. The van der Waals surface area contributed by atoms with Gasteiger partial charge in [-0.1, -0.05) is 6.92 Å². The monoisotopic (exact) mass is 434 g/mol. The molecule has 1 spiro atoms. The number of hydrogen-bond acceptors (Lipinski definition) is 4. The number of rotatable bonds is 3. The number of alkyl halides is 1. The summed E-state index contributed by atoms with van der Waals surface area (Å²) in [6.07, 6.45) is 8.68. The number of carbonyl (C=O) groups is 2. The lowest BCUT2D eigenvalue weighted by Gasteiger charge is -2.45. The van der Waals surface area contributed by atoms with Crippen LogP contribution in [0.4, 0.5) is 4.39 Å². The lowest BCUT2D eigenvalue weighted by atomic mass is 9.77. The van der Waals surface area contributed by atoms with Crippen LogP contribution >= 0.6 is 0 Å². The third kappa shape index (κ3) is 4.12. The molecule has 31 heavy (non-hydrogen) atoms. The molecule has 0 radical (unpaired) electrons. The number of halogens is 1. The van der Waals surface area contributed by atoms with Gasteiger partial charge in [-0.25, -0.2) is 4.39 Å². The van der Waals surface area contributed by atoms with E-state index in [2.05, 4.69) is 27.8 Å². The highest BCUT2D eigenvalue weighted by Crippen LogP contribution is 2.40.